The lowest BCUT2D eigenvalue weighted by Gasteiger charge is -2.28. The number of carbonyl (C=O) groups excluding carboxylic acids is 2. The van der Waals surface area contributed by atoms with E-state index in [1.807, 2.05) is 37.3 Å². The highest BCUT2D eigenvalue weighted by Crippen LogP contribution is 2.47. The van der Waals surface area contributed by atoms with Gasteiger partial charge in [0.2, 0.25) is 0 Å². The Bertz CT molecular complexity index is 1110. The van der Waals surface area contributed by atoms with Gasteiger partial charge in [0.25, 0.3) is 5.91 Å². The zero-order valence-corrected chi connectivity index (χ0v) is 17.6. The molecule has 152 valence electrons. The Balaban J connectivity index is 1.76. The molecule has 0 fully saturated rings. The summed E-state index contributed by atoms with van der Waals surface area (Å²) in [6.45, 7) is 3.88. The van der Waals surface area contributed by atoms with Crippen LogP contribution in [-0.4, -0.2) is 16.8 Å². The van der Waals surface area contributed by atoms with Crippen molar-refractivity contribution in [3.05, 3.63) is 100 Å². The fraction of sp³-hybridized carbons (Fsp3) is 0.200. The number of aliphatic hydroxyl groups is 1. The summed E-state index contributed by atoms with van der Waals surface area (Å²) in [6, 6.07) is 21.6. The van der Waals surface area contributed by atoms with Gasteiger partial charge in [-0.2, -0.15) is 0 Å². The van der Waals surface area contributed by atoms with Crippen molar-refractivity contribution in [3.63, 3.8) is 0 Å². The predicted molar refractivity (Wildman–Crippen MR) is 118 cm³/mol. The second-order valence-corrected chi connectivity index (χ2v) is 8.19. The molecule has 5 heteroatoms. The van der Waals surface area contributed by atoms with Gasteiger partial charge in [0, 0.05) is 16.1 Å². The van der Waals surface area contributed by atoms with Crippen molar-refractivity contribution in [1.29, 1.82) is 0 Å². The number of carbonyl (C=O) groups is 2. The van der Waals surface area contributed by atoms with Crippen molar-refractivity contribution in [3.8, 4) is 0 Å². The fourth-order valence-electron chi connectivity index (χ4n) is 3.97. The molecule has 4 rings (SSSR count). The number of halogens is 1. The number of benzene rings is 3. The summed E-state index contributed by atoms with van der Waals surface area (Å²) < 4.78 is 0. The molecule has 0 bridgehead atoms. The van der Waals surface area contributed by atoms with Crippen molar-refractivity contribution in [2.24, 2.45) is 5.92 Å². The van der Waals surface area contributed by atoms with Crippen molar-refractivity contribution < 1.29 is 14.7 Å². The van der Waals surface area contributed by atoms with Gasteiger partial charge in [-0.3, -0.25) is 9.59 Å². The first kappa shape index (κ1) is 20.3. The normalized spacial score (nSPS) is 18.9. The van der Waals surface area contributed by atoms with E-state index in [9.17, 15) is 14.7 Å². The van der Waals surface area contributed by atoms with Crippen LogP contribution < -0.4 is 4.90 Å². The van der Waals surface area contributed by atoms with Gasteiger partial charge in [0.05, 0.1) is 18.2 Å². The number of ketones is 1. The molecular weight excluding hydrogens is 398 g/mol. The van der Waals surface area contributed by atoms with E-state index in [1.54, 1.807) is 49.4 Å². The monoisotopic (exact) mass is 419 g/mol. The second-order valence-electron chi connectivity index (χ2n) is 7.76. The summed E-state index contributed by atoms with van der Waals surface area (Å²) in [5, 5.41) is 12.1. The average molecular weight is 420 g/mol. The topological polar surface area (TPSA) is 57.6 Å². The molecule has 0 radical (unpaired) electrons. The van der Waals surface area contributed by atoms with E-state index >= 15 is 0 Å². The lowest BCUT2D eigenvalue weighted by molar-refractivity contribution is -0.139. The van der Waals surface area contributed by atoms with Crippen LogP contribution in [0.5, 0.6) is 0 Å². The first-order chi connectivity index (χ1) is 14.3. The summed E-state index contributed by atoms with van der Waals surface area (Å²) in [4.78, 5) is 28.2. The summed E-state index contributed by atoms with van der Waals surface area (Å²) in [5.74, 6) is -1.79. The van der Waals surface area contributed by atoms with Crippen LogP contribution in [0.1, 0.15) is 34.0 Å². The summed E-state index contributed by atoms with van der Waals surface area (Å²) >= 11 is 6.20. The van der Waals surface area contributed by atoms with E-state index in [0.717, 1.165) is 11.1 Å². The molecule has 1 amide bonds. The third-order valence-electron chi connectivity index (χ3n) is 5.77. The number of aryl methyl sites for hydroxylation is 1. The molecule has 0 aliphatic carbocycles. The summed E-state index contributed by atoms with van der Waals surface area (Å²) in [5.41, 5.74) is 1.45. The van der Waals surface area contributed by atoms with Gasteiger partial charge in [0.1, 0.15) is 0 Å². The van der Waals surface area contributed by atoms with Crippen LogP contribution in [-0.2, 0) is 16.9 Å². The maximum Gasteiger partial charge on any atom is 0.264 e. The van der Waals surface area contributed by atoms with Gasteiger partial charge >= 0.3 is 0 Å². The number of hydrogen-bond donors (Lipinski definition) is 1. The van der Waals surface area contributed by atoms with E-state index in [0.29, 0.717) is 28.4 Å². The van der Waals surface area contributed by atoms with Crippen LogP contribution in [0, 0.1) is 12.8 Å². The molecule has 3 aromatic carbocycles. The van der Waals surface area contributed by atoms with Crippen LogP contribution in [0.2, 0.25) is 5.02 Å². The summed E-state index contributed by atoms with van der Waals surface area (Å²) in [7, 11) is 0. The molecule has 30 heavy (non-hydrogen) atoms. The number of nitrogens with zero attached hydrogens (tertiary/aromatic N) is 1. The van der Waals surface area contributed by atoms with E-state index in [-0.39, 0.29) is 5.78 Å². The minimum absolute atomic E-state index is 0.294. The van der Waals surface area contributed by atoms with Crippen molar-refractivity contribution >= 4 is 29.0 Å². The standard InChI is InChI=1S/C25H22ClNO3/c1-16-8-10-18(11-9-16)15-27-22-13-12-20(26)14-21(22)25(30,24(27)29)17(2)23(28)19-6-4-3-5-7-19/h3-14,17,30H,15H2,1-2H3/t17-,25-/m0/s1. The maximum atomic E-state index is 13.5. The number of Topliss-reactive ketones (excluding diaryl/α,β-unsaturated/α-hetero) is 1. The Labute approximate surface area is 180 Å². The van der Waals surface area contributed by atoms with Gasteiger partial charge in [-0.05, 0) is 30.7 Å². The zero-order valence-electron chi connectivity index (χ0n) is 16.8. The SMILES string of the molecule is Cc1ccc(CN2C(=O)[C@](O)([C@@H](C)C(=O)c3ccccc3)c3cc(Cl)ccc32)cc1. The first-order valence-electron chi connectivity index (χ1n) is 9.81. The zero-order chi connectivity index (χ0) is 21.5. The third kappa shape index (κ3) is 3.32. The molecule has 0 aromatic heterocycles. The third-order valence-corrected chi connectivity index (χ3v) is 6.01. The second kappa shape index (κ2) is 7.71. The first-order valence-corrected chi connectivity index (χ1v) is 10.2. The molecule has 3 aromatic rings. The van der Waals surface area contributed by atoms with E-state index in [2.05, 4.69) is 0 Å². The highest BCUT2D eigenvalue weighted by Gasteiger charge is 2.55. The Kier molecular flexibility index (Phi) is 5.22. The number of amides is 1. The largest absolute Gasteiger partial charge is 0.375 e. The van der Waals surface area contributed by atoms with Gasteiger partial charge in [0.15, 0.2) is 11.4 Å². The Morgan fingerprint density at radius 1 is 1.07 bits per heavy atom. The molecule has 4 nitrogen and oxygen atoms in total. The highest BCUT2D eigenvalue weighted by atomic mass is 35.5. The Morgan fingerprint density at radius 3 is 2.40 bits per heavy atom. The lowest BCUT2D eigenvalue weighted by atomic mass is 9.79. The fourth-order valence-corrected chi connectivity index (χ4v) is 4.15. The van der Waals surface area contributed by atoms with Gasteiger partial charge in [-0.1, -0.05) is 78.7 Å². The van der Waals surface area contributed by atoms with Crippen LogP contribution >= 0.6 is 11.6 Å². The molecule has 0 saturated carbocycles. The molecule has 0 saturated heterocycles. The van der Waals surface area contributed by atoms with Crippen LogP contribution in [0.25, 0.3) is 0 Å². The van der Waals surface area contributed by atoms with Crippen LogP contribution in [0.4, 0.5) is 5.69 Å². The minimum atomic E-state index is -1.99. The Morgan fingerprint density at radius 2 is 1.73 bits per heavy atom. The van der Waals surface area contributed by atoms with Crippen molar-refractivity contribution in [1.82, 2.24) is 0 Å². The molecule has 1 aliphatic rings. The van der Waals surface area contributed by atoms with Crippen LogP contribution in [0.3, 0.4) is 0 Å². The predicted octanol–water partition coefficient (Wildman–Crippen LogP) is 4.90. The van der Waals surface area contributed by atoms with E-state index in [1.165, 1.54) is 4.90 Å². The molecule has 1 heterocycles. The van der Waals surface area contributed by atoms with Crippen molar-refractivity contribution in [2.45, 2.75) is 26.0 Å². The van der Waals surface area contributed by atoms with E-state index in [4.69, 9.17) is 11.6 Å². The number of hydrogen-bond acceptors (Lipinski definition) is 3. The van der Waals surface area contributed by atoms with Gasteiger partial charge in [-0.25, -0.2) is 0 Å². The molecule has 0 unspecified atom stereocenters. The molecular formula is C25H22ClNO3. The lowest BCUT2D eigenvalue weighted by Crippen LogP contribution is -2.47. The average Bonchev–Trinajstić information content (AvgIpc) is 2.97. The van der Waals surface area contributed by atoms with Gasteiger partial charge in [-0.15, -0.1) is 0 Å². The smallest absolute Gasteiger partial charge is 0.264 e. The molecule has 0 spiro atoms. The number of rotatable bonds is 5. The maximum absolute atomic E-state index is 13.5. The Hall–Kier alpha value is -2.95. The van der Waals surface area contributed by atoms with Crippen LogP contribution in [0.15, 0.2) is 72.8 Å². The van der Waals surface area contributed by atoms with Crippen molar-refractivity contribution in [2.75, 3.05) is 4.90 Å². The van der Waals surface area contributed by atoms with Gasteiger partial charge < -0.3 is 10.0 Å². The quantitative estimate of drug-likeness (QED) is 0.598. The van der Waals surface area contributed by atoms with E-state index < -0.39 is 17.4 Å². The molecule has 2 atom stereocenters. The minimum Gasteiger partial charge on any atom is -0.375 e. The summed E-state index contributed by atoms with van der Waals surface area (Å²) in [6.07, 6.45) is 0. The number of fused-ring (bicyclic) bond motifs is 1. The highest BCUT2D eigenvalue weighted by molar-refractivity contribution is 6.31. The molecule has 1 N–H and O–H groups in total. The number of anilines is 1. The molecule has 1 aliphatic heterocycles.